The quantitative estimate of drug-likeness (QED) is 0.861. The van der Waals surface area contributed by atoms with E-state index in [1.54, 1.807) is 19.2 Å². The summed E-state index contributed by atoms with van der Waals surface area (Å²) in [6, 6.07) is 5.00. The van der Waals surface area contributed by atoms with E-state index in [1.807, 2.05) is 0 Å². The van der Waals surface area contributed by atoms with Gasteiger partial charge in [0.2, 0.25) is 0 Å². The molecule has 0 radical (unpaired) electrons. The minimum atomic E-state index is -0.107. The second kappa shape index (κ2) is 5.07. The predicted octanol–water partition coefficient (Wildman–Crippen LogP) is 2.41. The summed E-state index contributed by atoms with van der Waals surface area (Å²) in [5.41, 5.74) is 0.338. The zero-order chi connectivity index (χ0) is 14.1. The van der Waals surface area contributed by atoms with Crippen LogP contribution in [-0.4, -0.2) is 27.3 Å². The Morgan fingerprint density at radius 1 is 1.10 bits per heavy atom. The monoisotopic (exact) mass is 275 g/mol. The average Bonchev–Trinajstić information content (AvgIpc) is 3.00. The van der Waals surface area contributed by atoms with Crippen molar-refractivity contribution in [1.82, 2.24) is 0 Å². The molecule has 1 aromatic carbocycles. The average molecular weight is 275 g/mol. The first kappa shape index (κ1) is 12.8. The highest BCUT2D eigenvalue weighted by molar-refractivity contribution is 5.89. The molecule has 0 amide bonds. The Bertz CT molecular complexity index is 686. The van der Waals surface area contributed by atoms with E-state index in [0.29, 0.717) is 28.4 Å². The molecule has 0 N–H and O–H groups in total. The van der Waals surface area contributed by atoms with Crippen molar-refractivity contribution < 1.29 is 13.9 Å². The highest BCUT2D eigenvalue weighted by Gasteiger charge is 2.19. The van der Waals surface area contributed by atoms with Crippen LogP contribution in [0.2, 0.25) is 0 Å². The summed E-state index contributed by atoms with van der Waals surface area (Å²) in [5, 5.41) is 0.426. The van der Waals surface area contributed by atoms with E-state index in [-0.39, 0.29) is 5.43 Å². The largest absolute Gasteiger partial charge is 0.496 e. The number of methoxy groups -OCH3 is 2. The van der Waals surface area contributed by atoms with Crippen molar-refractivity contribution in [2.75, 3.05) is 32.2 Å². The summed E-state index contributed by atoms with van der Waals surface area (Å²) in [7, 11) is 3.10. The second-order valence-corrected chi connectivity index (χ2v) is 4.82. The molecule has 0 bridgehead atoms. The molecule has 0 spiro atoms. The fraction of sp³-hybridized carbons (Fsp3) is 0.400. The Morgan fingerprint density at radius 2 is 1.75 bits per heavy atom. The fourth-order valence-corrected chi connectivity index (χ4v) is 2.62. The van der Waals surface area contributed by atoms with Crippen molar-refractivity contribution in [1.29, 1.82) is 0 Å². The fourth-order valence-electron chi connectivity index (χ4n) is 2.62. The molecule has 106 valence electrons. The molecule has 2 heterocycles. The number of fused-ring (bicyclic) bond motifs is 1. The van der Waals surface area contributed by atoms with E-state index in [2.05, 4.69) is 4.90 Å². The SMILES string of the molecule is COc1ccc(OC)c2c(=O)cc(N3CCCC3)oc12. The third-order valence-corrected chi connectivity index (χ3v) is 3.65. The molecule has 1 aromatic heterocycles. The van der Waals surface area contributed by atoms with Crippen molar-refractivity contribution in [3.63, 3.8) is 0 Å². The van der Waals surface area contributed by atoms with Gasteiger partial charge in [0.25, 0.3) is 0 Å². The minimum Gasteiger partial charge on any atom is -0.496 e. The molecule has 0 unspecified atom stereocenters. The maximum Gasteiger partial charge on any atom is 0.200 e. The number of benzene rings is 1. The molecule has 0 aliphatic carbocycles. The highest BCUT2D eigenvalue weighted by atomic mass is 16.5. The van der Waals surface area contributed by atoms with Gasteiger partial charge in [-0.05, 0) is 25.0 Å². The van der Waals surface area contributed by atoms with Crippen LogP contribution in [0.5, 0.6) is 11.5 Å². The van der Waals surface area contributed by atoms with E-state index < -0.39 is 0 Å². The summed E-state index contributed by atoms with van der Waals surface area (Å²) in [5.74, 6) is 1.65. The van der Waals surface area contributed by atoms with Crippen LogP contribution in [0.25, 0.3) is 11.0 Å². The Morgan fingerprint density at radius 3 is 2.40 bits per heavy atom. The van der Waals surface area contributed by atoms with Gasteiger partial charge in [0.1, 0.15) is 11.1 Å². The van der Waals surface area contributed by atoms with Crippen LogP contribution in [-0.2, 0) is 0 Å². The number of hydrogen-bond acceptors (Lipinski definition) is 5. The number of hydrogen-bond donors (Lipinski definition) is 0. The van der Waals surface area contributed by atoms with Crippen molar-refractivity contribution >= 4 is 16.9 Å². The molecule has 3 rings (SSSR count). The maximum absolute atomic E-state index is 12.4. The second-order valence-electron chi connectivity index (χ2n) is 4.82. The van der Waals surface area contributed by atoms with Gasteiger partial charge >= 0.3 is 0 Å². The summed E-state index contributed by atoms with van der Waals surface area (Å²) < 4.78 is 16.4. The molecule has 5 heteroatoms. The number of ether oxygens (including phenoxy) is 2. The van der Waals surface area contributed by atoms with Crippen molar-refractivity contribution in [2.24, 2.45) is 0 Å². The topological polar surface area (TPSA) is 51.9 Å². The zero-order valence-corrected chi connectivity index (χ0v) is 11.6. The van der Waals surface area contributed by atoms with Crippen LogP contribution in [0.1, 0.15) is 12.8 Å². The first-order chi connectivity index (χ1) is 9.74. The molecule has 1 fully saturated rings. The molecule has 5 nitrogen and oxygen atoms in total. The summed E-state index contributed by atoms with van der Waals surface area (Å²) in [4.78, 5) is 14.5. The van der Waals surface area contributed by atoms with Gasteiger partial charge in [-0.15, -0.1) is 0 Å². The molecular formula is C15H17NO4. The van der Waals surface area contributed by atoms with Crippen LogP contribution in [0.15, 0.2) is 27.4 Å². The van der Waals surface area contributed by atoms with E-state index in [1.165, 1.54) is 13.2 Å². The van der Waals surface area contributed by atoms with Gasteiger partial charge in [0.15, 0.2) is 22.6 Å². The lowest BCUT2D eigenvalue weighted by molar-refractivity contribution is 0.401. The van der Waals surface area contributed by atoms with E-state index in [9.17, 15) is 4.79 Å². The smallest absolute Gasteiger partial charge is 0.200 e. The number of anilines is 1. The zero-order valence-electron chi connectivity index (χ0n) is 11.6. The van der Waals surface area contributed by atoms with E-state index >= 15 is 0 Å². The summed E-state index contributed by atoms with van der Waals surface area (Å²) >= 11 is 0. The van der Waals surface area contributed by atoms with Gasteiger partial charge < -0.3 is 18.8 Å². The van der Waals surface area contributed by atoms with Crippen LogP contribution in [0.3, 0.4) is 0 Å². The van der Waals surface area contributed by atoms with Crippen LogP contribution in [0, 0.1) is 0 Å². The van der Waals surface area contributed by atoms with Crippen molar-refractivity contribution in [2.45, 2.75) is 12.8 Å². The predicted molar refractivity (Wildman–Crippen MR) is 77.0 cm³/mol. The van der Waals surface area contributed by atoms with Crippen LogP contribution in [0.4, 0.5) is 5.88 Å². The van der Waals surface area contributed by atoms with E-state index in [0.717, 1.165) is 25.9 Å². The molecule has 20 heavy (non-hydrogen) atoms. The first-order valence-corrected chi connectivity index (χ1v) is 6.68. The van der Waals surface area contributed by atoms with Gasteiger partial charge in [0, 0.05) is 19.2 Å². The number of rotatable bonds is 3. The first-order valence-electron chi connectivity index (χ1n) is 6.68. The van der Waals surface area contributed by atoms with Gasteiger partial charge in [-0.2, -0.15) is 0 Å². The third kappa shape index (κ3) is 1.99. The lowest BCUT2D eigenvalue weighted by Gasteiger charge is -2.17. The van der Waals surface area contributed by atoms with Gasteiger partial charge in [-0.25, -0.2) is 0 Å². The van der Waals surface area contributed by atoms with Gasteiger partial charge in [-0.1, -0.05) is 0 Å². The molecule has 1 saturated heterocycles. The lowest BCUT2D eigenvalue weighted by atomic mass is 10.2. The highest BCUT2D eigenvalue weighted by Crippen LogP contribution is 2.33. The molecule has 2 aromatic rings. The maximum atomic E-state index is 12.4. The van der Waals surface area contributed by atoms with Crippen LogP contribution >= 0.6 is 0 Å². The molecule has 0 saturated carbocycles. The Kier molecular flexibility index (Phi) is 3.26. The van der Waals surface area contributed by atoms with Gasteiger partial charge in [-0.3, -0.25) is 4.79 Å². The lowest BCUT2D eigenvalue weighted by Crippen LogP contribution is -2.19. The third-order valence-electron chi connectivity index (χ3n) is 3.65. The Balaban J connectivity index is 2.26. The summed E-state index contributed by atoms with van der Waals surface area (Å²) in [6.07, 6.45) is 2.24. The standard InChI is InChI=1S/C15H17NO4/c1-18-11-5-6-12(19-2)15-14(11)10(17)9-13(20-15)16-7-3-4-8-16/h5-6,9H,3-4,7-8H2,1-2H3. The Labute approximate surface area is 116 Å². The van der Waals surface area contributed by atoms with Crippen molar-refractivity contribution in [3.05, 3.63) is 28.4 Å². The summed E-state index contributed by atoms with van der Waals surface area (Å²) in [6.45, 7) is 1.83. The van der Waals surface area contributed by atoms with Gasteiger partial charge in [0.05, 0.1) is 14.2 Å². The van der Waals surface area contributed by atoms with E-state index in [4.69, 9.17) is 13.9 Å². The Hall–Kier alpha value is -2.17. The molecule has 1 aliphatic heterocycles. The van der Waals surface area contributed by atoms with Crippen molar-refractivity contribution in [3.8, 4) is 11.5 Å². The molecule has 0 atom stereocenters. The normalized spacial score (nSPS) is 14.8. The molecular weight excluding hydrogens is 258 g/mol. The number of nitrogens with zero attached hydrogens (tertiary/aromatic N) is 1. The van der Waals surface area contributed by atoms with Crippen LogP contribution < -0.4 is 19.8 Å². The molecule has 1 aliphatic rings. The minimum absolute atomic E-state index is 0.107.